The van der Waals surface area contributed by atoms with E-state index in [1.54, 1.807) is 0 Å². The predicted octanol–water partition coefficient (Wildman–Crippen LogP) is 0.517. The predicted molar refractivity (Wildman–Crippen MR) is 63.3 cm³/mol. The number of methoxy groups -OCH3 is 1. The molecule has 100 valence electrons. The third kappa shape index (κ3) is 3.40. The molecule has 0 aliphatic carbocycles. The van der Waals surface area contributed by atoms with E-state index in [4.69, 9.17) is 9.47 Å². The van der Waals surface area contributed by atoms with Crippen LogP contribution in [0.4, 0.5) is 0 Å². The van der Waals surface area contributed by atoms with Gasteiger partial charge in [0, 0.05) is 14.0 Å². The smallest absolute Gasteiger partial charge is 0.217 e. The van der Waals surface area contributed by atoms with Gasteiger partial charge < -0.3 is 19.9 Å². The highest BCUT2D eigenvalue weighted by atomic mass is 16.7. The van der Waals surface area contributed by atoms with Gasteiger partial charge in [0.25, 0.3) is 0 Å². The van der Waals surface area contributed by atoms with Crippen LogP contribution in [-0.2, 0) is 14.3 Å². The summed E-state index contributed by atoms with van der Waals surface area (Å²) in [6, 6.07) is -0.510. The average molecular weight is 245 g/mol. The van der Waals surface area contributed by atoms with Crippen molar-refractivity contribution in [3.05, 3.63) is 0 Å². The fraction of sp³-hybridized carbons (Fsp3) is 0.917. The van der Waals surface area contributed by atoms with E-state index in [0.717, 1.165) is 6.42 Å². The van der Waals surface area contributed by atoms with Crippen LogP contribution < -0.4 is 5.32 Å². The quantitative estimate of drug-likeness (QED) is 0.760. The Morgan fingerprint density at radius 1 is 1.59 bits per heavy atom. The Kier molecular flexibility index (Phi) is 5.36. The molecule has 1 fully saturated rings. The first kappa shape index (κ1) is 14.4. The van der Waals surface area contributed by atoms with Gasteiger partial charge in [0.2, 0.25) is 5.91 Å². The van der Waals surface area contributed by atoms with Gasteiger partial charge in [-0.15, -0.1) is 0 Å². The first-order chi connectivity index (χ1) is 8.01. The molecule has 4 unspecified atom stereocenters. The summed E-state index contributed by atoms with van der Waals surface area (Å²) in [5, 5.41) is 13.0. The van der Waals surface area contributed by atoms with E-state index >= 15 is 0 Å². The fourth-order valence-corrected chi connectivity index (χ4v) is 2.33. The van der Waals surface area contributed by atoms with E-state index in [0.29, 0.717) is 6.61 Å². The summed E-state index contributed by atoms with van der Waals surface area (Å²) < 4.78 is 10.8. The molecular formula is C12H23NO4. The molecule has 1 heterocycles. The first-order valence-electron chi connectivity index (χ1n) is 6.10. The number of carbonyl (C=O) groups is 1. The van der Waals surface area contributed by atoms with Crippen molar-refractivity contribution >= 4 is 5.91 Å². The maximum Gasteiger partial charge on any atom is 0.217 e. The van der Waals surface area contributed by atoms with Crippen molar-refractivity contribution in [2.24, 2.45) is 11.8 Å². The molecule has 5 nitrogen and oxygen atoms in total. The topological polar surface area (TPSA) is 67.8 Å². The lowest BCUT2D eigenvalue weighted by molar-refractivity contribution is -0.156. The maximum absolute atomic E-state index is 11.2. The first-order valence-corrected chi connectivity index (χ1v) is 6.10. The molecule has 0 saturated carbocycles. The number of nitrogens with one attached hydrogen (secondary N) is 1. The molecule has 2 N–H and O–H groups in total. The van der Waals surface area contributed by atoms with E-state index < -0.39 is 18.4 Å². The van der Waals surface area contributed by atoms with Gasteiger partial charge in [-0.25, -0.2) is 0 Å². The number of rotatable bonds is 3. The molecule has 0 radical (unpaired) electrons. The number of hydrogen-bond acceptors (Lipinski definition) is 4. The van der Waals surface area contributed by atoms with Gasteiger partial charge in [0.1, 0.15) is 6.04 Å². The lowest BCUT2D eigenvalue weighted by atomic mass is 9.85. The lowest BCUT2D eigenvalue weighted by Crippen LogP contribution is -2.52. The van der Waals surface area contributed by atoms with Crippen molar-refractivity contribution in [1.29, 1.82) is 0 Å². The van der Waals surface area contributed by atoms with Gasteiger partial charge in [0.05, 0.1) is 12.7 Å². The van der Waals surface area contributed by atoms with Crippen molar-refractivity contribution in [3.63, 3.8) is 0 Å². The van der Waals surface area contributed by atoms with Crippen LogP contribution in [0, 0.1) is 11.8 Å². The number of aliphatic hydroxyl groups is 1. The van der Waals surface area contributed by atoms with Gasteiger partial charge in [0.15, 0.2) is 6.29 Å². The molecule has 1 amide bonds. The highest BCUT2D eigenvalue weighted by Crippen LogP contribution is 2.27. The van der Waals surface area contributed by atoms with E-state index in [1.807, 2.05) is 6.92 Å². The Morgan fingerprint density at radius 2 is 2.24 bits per heavy atom. The Bertz CT molecular complexity index is 259. The molecule has 0 aromatic carbocycles. The Hall–Kier alpha value is -0.650. The number of carbonyl (C=O) groups excluding carboxylic acids is 1. The minimum atomic E-state index is -0.656. The fourth-order valence-electron chi connectivity index (χ4n) is 2.33. The zero-order valence-corrected chi connectivity index (χ0v) is 11.0. The molecule has 5 atom stereocenters. The second-order valence-electron chi connectivity index (χ2n) is 4.68. The Morgan fingerprint density at radius 3 is 2.71 bits per heavy atom. The van der Waals surface area contributed by atoms with Crippen LogP contribution in [0.1, 0.15) is 27.2 Å². The number of hydrogen-bond donors (Lipinski definition) is 2. The summed E-state index contributed by atoms with van der Waals surface area (Å²) >= 11 is 0. The van der Waals surface area contributed by atoms with E-state index in [-0.39, 0.29) is 17.7 Å². The van der Waals surface area contributed by atoms with Crippen molar-refractivity contribution in [3.8, 4) is 0 Å². The number of amides is 1. The summed E-state index contributed by atoms with van der Waals surface area (Å²) in [7, 11) is 1.52. The largest absolute Gasteiger partial charge is 0.390 e. The third-order valence-corrected chi connectivity index (χ3v) is 3.54. The summed E-state index contributed by atoms with van der Waals surface area (Å²) in [6.07, 6.45) is -0.314. The van der Waals surface area contributed by atoms with Crippen molar-refractivity contribution in [1.82, 2.24) is 5.32 Å². The van der Waals surface area contributed by atoms with E-state index in [9.17, 15) is 9.90 Å². The van der Waals surface area contributed by atoms with Crippen LogP contribution in [0.15, 0.2) is 0 Å². The van der Waals surface area contributed by atoms with E-state index in [1.165, 1.54) is 14.0 Å². The van der Waals surface area contributed by atoms with Gasteiger partial charge in [-0.1, -0.05) is 20.3 Å². The second-order valence-corrected chi connectivity index (χ2v) is 4.68. The molecule has 17 heavy (non-hydrogen) atoms. The van der Waals surface area contributed by atoms with Crippen LogP contribution >= 0.6 is 0 Å². The molecule has 0 spiro atoms. The molecular weight excluding hydrogens is 222 g/mol. The SMILES string of the molecule is CCC1COC(OC)[C@H](NC(C)=O)C(O)C1C. The Balaban J connectivity index is 2.85. The minimum absolute atomic E-state index is 0.0667. The normalized spacial score (nSPS) is 38.5. The zero-order valence-electron chi connectivity index (χ0n) is 11.0. The number of aliphatic hydroxyl groups excluding tert-OH is 1. The van der Waals surface area contributed by atoms with Crippen LogP contribution in [-0.4, -0.2) is 43.2 Å². The van der Waals surface area contributed by atoms with Crippen molar-refractivity contribution < 1.29 is 19.4 Å². The molecule has 0 aromatic heterocycles. The van der Waals surface area contributed by atoms with Gasteiger partial charge in [-0.3, -0.25) is 4.79 Å². The molecule has 1 rings (SSSR count). The maximum atomic E-state index is 11.2. The molecule has 1 saturated heterocycles. The van der Waals surface area contributed by atoms with E-state index in [2.05, 4.69) is 12.2 Å². The second kappa shape index (κ2) is 6.33. The molecule has 0 aromatic rings. The summed E-state index contributed by atoms with van der Waals surface area (Å²) in [5.74, 6) is 0.153. The van der Waals surface area contributed by atoms with Gasteiger partial charge in [-0.05, 0) is 11.8 Å². The standard InChI is InChI=1S/C12H23NO4/c1-5-9-6-17-12(16-4)10(13-8(3)14)11(15)7(9)2/h7,9-12,15H,5-6H2,1-4H3,(H,13,14)/t7?,9?,10-,11?,12?/m1/s1. The zero-order chi connectivity index (χ0) is 13.0. The molecule has 1 aliphatic rings. The van der Waals surface area contributed by atoms with Crippen molar-refractivity contribution in [2.75, 3.05) is 13.7 Å². The monoisotopic (exact) mass is 245 g/mol. The van der Waals surface area contributed by atoms with Crippen LogP contribution in [0.25, 0.3) is 0 Å². The van der Waals surface area contributed by atoms with Crippen molar-refractivity contribution in [2.45, 2.75) is 45.6 Å². The van der Waals surface area contributed by atoms with Crippen LogP contribution in [0.5, 0.6) is 0 Å². The molecule has 0 bridgehead atoms. The highest BCUT2D eigenvalue weighted by molar-refractivity contribution is 5.73. The van der Waals surface area contributed by atoms with Gasteiger partial charge in [-0.2, -0.15) is 0 Å². The highest BCUT2D eigenvalue weighted by Gasteiger charge is 2.39. The number of ether oxygens (including phenoxy) is 2. The Labute approximate surface area is 102 Å². The summed E-state index contributed by atoms with van der Waals surface area (Å²) in [5.41, 5.74) is 0. The summed E-state index contributed by atoms with van der Waals surface area (Å²) in [6.45, 7) is 6.02. The lowest BCUT2D eigenvalue weighted by Gasteiger charge is -2.30. The van der Waals surface area contributed by atoms with Crippen LogP contribution in [0.2, 0.25) is 0 Å². The summed E-state index contributed by atoms with van der Waals surface area (Å²) in [4.78, 5) is 11.2. The third-order valence-electron chi connectivity index (χ3n) is 3.54. The molecule has 1 aliphatic heterocycles. The van der Waals surface area contributed by atoms with Gasteiger partial charge >= 0.3 is 0 Å². The van der Waals surface area contributed by atoms with Crippen LogP contribution in [0.3, 0.4) is 0 Å². The minimum Gasteiger partial charge on any atom is -0.390 e. The average Bonchev–Trinajstić information content (AvgIpc) is 2.40. The molecule has 5 heteroatoms.